The molecule has 2 atom stereocenters. The topological polar surface area (TPSA) is 75.6 Å². The molecule has 132 valence electrons. The van der Waals surface area contributed by atoms with Crippen molar-refractivity contribution in [1.82, 2.24) is 5.48 Å². The Morgan fingerprint density at radius 3 is 2.58 bits per heavy atom. The van der Waals surface area contributed by atoms with Gasteiger partial charge in [0.15, 0.2) is 0 Å². The van der Waals surface area contributed by atoms with Gasteiger partial charge in [-0.25, -0.2) is 5.48 Å². The van der Waals surface area contributed by atoms with E-state index in [0.29, 0.717) is 23.7 Å². The second-order valence-corrected chi connectivity index (χ2v) is 6.93. The molecule has 5 nitrogen and oxygen atoms in total. The lowest BCUT2D eigenvalue weighted by molar-refractivity contribution is -0.128. The van der Waals surface area contributed by atoms with Crippen molar-refractivity contribution in [2.24, 2.45) is 0 Å². The summed E-state index contributed by atoms with van der Waals surface area (Å²) < 4.78 is 18.1. The van der Waals surface area contributed by atoms with Gasteiger partial charge in [0.1, 0.15) is 17.6 Å². The molecule has 1 rings (SSSR count). The zero-order valence-corrected chi connectivity index (χ0v) is 15.0. The zero-order valence-electron chi connectivity index (χ0n) is 14.2. The third kappa shape index (κ3) is 6.73. The number of benzene rings is 1. The second kappa shape index (κ2) is 11.7. The molecule has 0 spiro atoms. The number of carbonyl (C=O) groups is 1. The molecule has 0 saturated carbocycles. The van der Waals surface area contributed by atoms with Crippen LogP contribution in [-0.4, -0.2) is 27.2 Å². The predicted octanol–water partition coefficient (Wildman–Crippen LogP) is 3.04. The van der Waals surface area contributed by atoms with E-state index in [9.17, 15) is 9.00 Å². The first-order valence-corrected chi connectivity index (χ1v) is 9.32. The van der Waals surface area contributed by atoms with Crippen LogP contribution in [-0.2, 0) is 15.6 Å². The van der Waals surface area contributed by atoms with Gasteiger partial charge < -0.3 is 4.74 Å². The van der Waals surface area contributed by atoms with Crippen LogP contribution in [0, 0.1) is 11.8 Å². The molecular formula is C18H25NO4S. The van der Waals surface area contributed by atoms with E-state index in [1.54, 1.807) is 36.7 Å². The van der Waals surface area contributed by atoms with Crippen molar-refractivity contribution in [3.8, 4) is 17.6 Å². The Kier molecular flexibility index (Phi) is 9.81. The van der Waals surface area contributed by atoms with Gasteiger partial charge in [-0.05, 0) is 37.6 Å². The molecule has 1 unspecified atom stereocenters. The van der Waals surface area contributed by atoms with Gasteiger partial charge >= 0.3 is 0 Å². The molecule has 1 amide bonds. The van der Waals surface area contributed by atoms with Crippen LogP contribution in [0.15, 0.2) is 29.2 Å². The van der Waals surface area contributed by atoms with E-state index in [2.05, 4.69) is 18.8 Å². The van der Waals surface area contributed by atoms with Gasteiger partial charge in [-0.1, -0.05) is 38.5 Å². The van der Waals surface area contributed by atoms with E-state index in [1.165, 1.54) is 0 Å². The van der Waals surface area contributed by atoms with E-state index in [-0.39, 0.29) is 0 Å². The molecule has 0 aliphatic heterocycles. The quantitative estimate of drug-likeness (QED) is 0.294. The molecule has 2 N–H and O–H groups in total. The number of hydrogen-bond acceptors (Lipinski definition) is 4. The third-order valence-electron chi connectivity index (χ3n) is 3.52. The summed E-state index contributed by atoms with van der Waals surface area (Å²) in [5.41, 5.74) is 1.63. The summed E-state index contributed by atoms with van der Waals surface area (Å²) in [6.07, 6.45) is 4.42. The fraction of sp³-hybridized carbons (Fsp3) is 0.500. The van der Waals surface area contributed by atoms with E-state index < -0.39 is 22.0 Å². The zero-order chi connectivity index (χ0) is 17.8. The minimum Gasteiger partial charge on any atom is -0.481 e. The molecule has 0 bridgehead atoms. The van der Waals surface area contributed by atoms with Gasteiger partial charge in [0.2, 0.25) is 0 Å². The number of carbonyl (C=O) groups excluding carboxylic acids is 1. The summed E-state index contributed by atoms with van der Waals surface area (Å²) in [7, 11) is -1.53. The molecule has 0 aliphatic carbocycles. The molecule has 24 heavy (non-hydrogen) atoms. The summed E-state index contributed by atoms with van der Waals surface area (Å²) in [5, 5.41) is 8.14. The van der Waals surface area contributed by atoms with Crippen LogP contribution in [0.2, 0.25) is 0 Å². The van der Waals surface area contributed by atoms with Crippen molar-refractivity contribution >= 4 is 16.7 Å². The molecule has 0 radical (unpaired) electrons. The molecule has 1 aromatic rings. The first-order chi connectivity index (χ1) is 11.6. The molecule has 0 heterocycles. The van der Waals surface area contributed by atoms with Crippen molar-refractivity contribution in [3.05, 3.63) is 24.3 Å². The highest BCUT2D eigenvalue weighted by atomic mass is 32.2. The number of hydrogen-bond donors (Lipinski definition) is 2. The monoisotopic (exact) mass is 351 g/mol. The fourth-order valence-corrected chi connectivity index (χ4v) is 3.55. The summed E-state index contributed by atoms with van der Waals surface area (Å²) >= 11 is 0. The summed E-state index contributed by atoms with van der Waals surface area (Å²) in [5.74, 6) is 5.55. The normalized spacial score (nSPS) is 12.6. The van der Waals surface area contributed by atoms with Crippen LogP contribution >= 0.6 is 0 Å². The van der Waals surface area contributed by atoms with E-state index in [1.807, 2.05) is 0 Å². The highest BCUT2D eigenvalue weighted by Crippen LogP contribution is 2.20. The standard InChI is InChI=1S/C18H25NO4S/c1-3-5-7-8-9-17(18(20)19-21)24(22)16-12-10-15(11-13-16)23-14-6-4-2/h10-13,17,21H,3,5,7-9,14H2,1-2H3,(H,19,20)/t17?,24-/m0/s1. The fourth-order valence-electron chi connectivity index (χ4n) is 2.19. The first kappa shape index (κ1) is 20.2. The number of ether oxygens (including phenoxy) is 1. The van der Waals surface area contributed by atoms with Gasteiger partial charge in [-0.2, -0.15) is 0 Å². The van der Waals surface area contributed by atoms with Gasteiger partial charge in [0.25, 0.3) is 5.91 Å². The van der Waals surface area contributed by atoms with Crippen molar-refractivity contribution in [2.45, 2.75) is 56.1 Å². The lowest BCUT2D eigenvalue weighted by Crippen LogP contribution is -2.35. The van der Waals surface area contributed by atoms with Gasteiger partial charge in [-0.15, -0.1) is 5.92 Å². The molecule has 0 fully saturated rings. The van der Waals surface area contributed by atoms with Crippen LogP contribution in [0.3, 0.4) is 0 Å². The maximum Gasteiger partial charge on any atom is 0.259 e. The average molecular weight is 351 g/mol. The summed E-state index contributed by atoms with van der Waals surface area (Å²) in [6, 6.07) is 6.76. The molecule has 0 aromatic heterocycles. The largest absolute Gasteiger partial charge is 0.481 e. The van der Waals surface area contributed by atoms with E-state index >= 15 is 0 Å². The Bertz CT molecular complexity index is 589. The first-order valence-electron chi connectivity index (χ1n) is 8.11. The second-order valence-electron chi connectivity index (χ2n) is 5.30. The highest BCUT2D eigenvalue weighted by molar-refractivity contribution is 7.86. The lowest BCUT2D eigenvalue weighted by Gasteiger charge is -2.15. The number of rotatable bonds is 10. The smallest absolute Gasteiger partial charge is 0.259 e. The Balaban J connectivity index is 2.73. The molecule has 6 heteroatoms. The van der Waals surface area contributed by atoms with Crippen LogP contribution in [0.5, 0.6) is 5.75 Å². The molecule has 1 aromatic carbocycles. The van der Waals surface area contributed by atoms with Crippen molar-refractivity contribution < 1.29 is 18.9 Å². The van der Waals surface area contributed by atoms with Crippen molar-refractivity contribution in [2.75, 3.05) is 6.61 Å². The average Bonchev–Trinajstić information content (AvgIpc) is 2.61. The third-order valence-corrected chi connectivity index (χ3v) is 5.23. The lowest BCUT2D eigenvalue weighted by atomic mass is 10.1. The van der Waals surface area contributed by atoms with Crippen LogP contribution < -0.4 is 10.2 Å². The number of unbranched alkanes of at least 4 members (excludes halogenated alkanes) is 3. The Labute approximate surface area is 146 Å². The van der Waals surface area contributed by atoms with E-state index in [4.69, 9.17) is 9.94 Å². The van der Waals surface area contributed by atoms with Crippen LogP contribution in [0.1, 0.15) is 46.0 Å². The molecular weight excluding hydrogens is 326 g/mol. The number of nitrogens with one attached hydrogen (secondary N) is 1. The number of hydroxylamine groups is 1. The number of amides is 1. The SMILES string of the molecule is CC#CCOc1ccc([S@](=O)C(CCCCCC)C(=O)NO)cc1. The Morgan fingerprint density at radius 2 is 2.00 bits per heavy atom. The van der Waals surface area contributed by atoms with Crippen molar-refractivity contribution in [1.29, 1.82) is 0 Å². The summed E-state index contributed by atoms with van der Waals surface area (Å²) in [6.45, 7) is 4.14. The minimum absolute atomic E-state index is 0.298. The minimum atomic E-state index is -1.53. The van der Waals surface area contributed by atoms with Gasteiger partial charge in [-0.3, -0.25) is 14.2 Å². The molecule has 0 aliphatic rings. The van der Waals surface area contributed by atoms with Gasteiger partial charge in [0.05, 0.1) is 10.8 Å². The molecule has 0 saturated heterocycles. The van der Waals surface area contributed by atoms with Crippen molar-refractivity contribution in [3.63, 3.8) is 0 Å². The van der Waals surface area contributed by atoms with Gasteiger partial charge in [0, 0.05) is 4.90 Å². The summed E-state index contributed by atoms with van der Waals surface area (Å²) in [4.78, 5) is 12.4. The maximum absolute atomic E-state index is 12.7. The van der Waals surface area contributed by atoms with E-state index in [0.717, 1.165) is 25.7 Å². The predicted molar refractivity (Wildman–Crippen MR) is 94.3 cm³/mol. The highest BCUT2D eigenvalue weighted by Gasteiger charge is 2.25. The van der Waals surface area contributed by atoms with Crippen LogP contribution in [0.4, 0.5) is 0 Å². The Hall–Kier alpha value is -1.84. The Morgan fingerprint density at radius 1 is 1.29 bits per heavy atom. The van der Waals surface area contributed by atoms with Crippen LogP contribution in [0.25, 0.3) is 0 Å². The maximum atomic E-state index is 12.7.